The highest BCUT2D eigenvalue weighted by molar-refractivity contribution is 5.55. The average Bonchev–Trinajstić information content (AvgIpc) is 2.81. The van der Waals surface area contributed by atoms with Gasteiger partial charge in [-0.15, -0.1) is 0 Å². The summed E-state index contributed by atoms with van der Waals surface area (Å²) in [7, 11) is 0. The van der Waals surface area contributed by atoms with E-state index < -0.39 is 0 Å². The Labute approximate surface area is 107 Å². The lowest BCUT2D eigenvalue weighted by Gasteiger charge is -2.17. The molecule has 94 valence electrons. The second-order valence-electron chi connectivity index (χ2n) is 5.10. The minimum atomic E-state index is 0.552. The summed E-state index contributed by atoms with van der Waals surface area (Å²) >= 11 is 0. The lowest BCUT2D eigenvalue weighted by Crippen LogP contribution is -2.21. The van der Waals surface area contributed by atoms with Gasteiger partial charge in [0.25, 0.3) is 0 Å². The predicted octanol–water partition coefficient (Wildman–Crippen LogP) is 2.71. The van der Waals surface area contributed by atoms with Gasteiger partial charge in [0.1, 0.15) is 5.76 Å². The zero-order valence-electron chi connectivity index (χ0n) is 10.6. The van der Waals surface area contributed by atoms with Gasteiger partial charge in [0, 0.05) is 12.0 Å². The topological polar surface area (TPSA) is 52.0 Å². The van der Waals surface area contributed by atoms with Crippen LogP contribution >= 0.6 is 0 Å². The van der Waals surface area contributed by atoms with Crippen molar-refractivity contribution in [3.8, 4) is 11.5 Å². The summed E-state index contributed by atoms with van der Waals surface area (Å²) in [6, 6.07) is 8.27. The third-order valence-electron chi connectivity index (χ3n) is 3.64. The minimum Gasteiger partial charge on any atom is -0.441 e. The number of nitrogens with two attached hydrogens (primary N) is 1. The SMILES string of the molecule is Cc1cccc(-c2nc3c(o2)CC(CN)CC3)c1. The highest BCUT2D eigenvalue weighted by atomic mass is 16.4. The van der Waals surface area contributed by atoms with Gasteiger partial charge < -0.3 is 10.2 Å². The molecule has 0 aliphatic heterocycles. The van der Waals surface area contributed by atoms with Crippen LogP contribution in [0.15, 0.2) is 28.7 Å². The molecule has 1 unspecified atom stereocenters. The van der Waals surface area contributed by atoms with E-state index in [2.05, 4.69) is 24.0 Å². The molecule has 1 aliphatic rings. The standard InChI is InChI=1S/C15H18N2O/c1-10-3-2-4-12(7-10)15-17-13-6-5-11(9-16)8-14(13)18-15/h2-4,7,11H,5-6,8-9,16H2,1H3. The second-order valence-corrected chi connectivity index (χ2v) is 5.10. The number of aryl methyl sites for hydroxylation is 2. The van der Waals surface area contributed by atoms with Gasteiger partial charge >= 0.3 is 0 Å². The van der Waals surface area contributed by atoms with Crippen molar-refractivity contribution < 1.29 is 4.42 Å². The van der Waals surface area contributed by atoms with Gasteiger partial charge in [-0.1, -0.05) is 17.7 Å². The Morgan fingerprint density at radius 1 is 1.44 bits per heavy atom. The highest BCUT2D eigenvalue weighted by Gasteiger charge is 2.23. The zero-order valence-corrected chi connectivity index (χ0v) is 10.6. The number of hydrogen-bond donors (Lipinski definition) is 1. The summed E-state index contributed by atoms with van der Waals surface area (Å²) in [4.78, 5) is 4.62. The van der Waals surface area contributed by atoms with Gasteiger partial charge in [0.15, 0.2) is 0 Å². The molecule has 3 nitrogen and oxygen atoms in total. The maximum absolute atomic E-state index is 5.91. The molecule has 1 heterocycles. The fourth-order valence-corrected chi connectivity index (χ4v) is 2.55. The van der Waals surface area contributed by atoms with E-state index in [0.717, 1.165) is 48.7 Å². The van der Waals surface area contributed by atoms with Crippen molar-refractivity contribution >= 4 is 0 Å². The first-order valence-corrected chi connectivity index (χ1v) is 6.52. The summed E-state index contributed by atoms with van der Waals surface area (Å²) in [5.74, 6) is 2.34. The number of oxazole rings is 1. The molecule has 1 aromatic heterocycles. The van der Waals surface area contributed by atoms with Gasteiger partial charge in [-0.25, -0.2) is 4.98 Å². The van der Waals surface area contributed by atoms with E-state index in [9.17, 15) is 0 Å². The minimum absolute atomic E-state index is 0.552. The van der Waals surface area contributed by atoms with Crippen LogP contribution in [-0.4, -0.2) is 11.5 Å². The Kier molecular flexibility index (Phi) is 2.92. The number of aromatic nitrogens is 1. The third kappa shape index (κ3) is 2.06. The Morgan fingerprint density at radius 3 is 3.11 bits per heavy atom. The molecule has 1 aliphatic carbocycles. The fraction of sp³-hybridized carbons (Fsp3) is 0.400. The smallest absolute Gasteiger partial charge is 0.226 e. The number of nitrogens with zero attached hydrogens (tertiary/aromatic N) is 1. The van der Waals surface area contributed by atoms with Crippen LogP contribution in [0.25, 0.3) is 11.5 Å². The van der Waals surface area contributed by atoms with Crippen LogP contribution < -0.4 is 5.73 Å². The largest absolute Gasteiger partial charge is 0.441 e. The van der Waals surface area contributed by atoms with E-state index in [-0.39, 0.29) is 0 Å². The number of hydrogen-bond acceptors (Lipinski definition) is 3. The first-order chi connectivity index (χ1) is 8.76. The average molecular weight is 242 g/mol. The van der Waals surface area contributed by atoms with Crippen molar-refractivity contribution in [1.82, 2.24) is 4.98 Å². The number of rotatable bonds is 2. The summed E-state index contributed by atoms with van der Waals surface area (Å²) in [5, 5.41) is 0. The van der Waals surface area contributed by atoms with E-state index >= 15 is 0 Å². The molecule has 0 radical (unpaired) electrons. The molecule has 1 atom stereocenters. The maximum atomic E-state index is 5.91. The fourth-order valence-electron chi connectivity index (χ4n) is 2.55. The second kappa shape index (κ2) is 4.58. The summed E-state index contributed by atoms with van der Waals surface area (Å²) in [6.07, 6.45) is 3.06. The lowest BCUT2D eigenvalue weighted by molar-refractivity contribution is 0.401. The van der Waals surface area contributed by atoms with Crippen LogP contribution in [0.2, 0.25) is 0 Å². The molecule has 2 aromatic rings. The van der Waals surface area contributed by atoms with Gasteiger partial charge in [-0.2, -0.15) is 0 Å². The van der Waals surface area contributed by atoms with E-state index in [4.69, 9.17) is 10.2 Å². The van der Waals surface area contributed by atoms with Crippen molar-refractivity contribution in [2.75, 3.05) is 6.54 Å². The van der Waals surface area contributed by atoms with Crippen LogP contribution in [0.1, 0.15) is 23.4 Å². The van der Waals surface area contributed by atoms with E-state index in [1.165, 1.54) is 5.56 Å². The molecule has 0 saturated carbocycles. The van der Waals surface area contributed by atoms with Crippen molar-refractivity contribution in [3.63, 3.8) is 0 Å². The summed E-state index contributed by atoms with van der Waals surface area (Å²) in [6.45, 7) is 2.82. The van der Waals surface area contributed by atoms with Crippen molar-refractivity contribution in [2.24, 2.45) is 11.7 Å². The number of fused-ring (bicyclic) bond motifs is 1. The van der Waals surface area contributed by atoms with Crippen LogP contribution in [0.4, 0.5) is 0 Å². The number of benzene rings is 1. The molecule has 0 amide bonds. The van der Waals surface area contributed by atoms with Crippen LogP contribution in [-0.2, 0) is 12.8 Å². The monoisotopic (exact) mass is 242 g/mol. The predicted molar refractivity (Wildman–Crippen MR) is 71.2 cm³/mol. The van der Waals surface area contributed by atoms with Gasteiger partial charge in [0.2, 0.25) is 5.89 Å². The molecule has 0 spiro atoms. The Morgan fingerprint density at radius 2 is 2.33 bits per heavy atom. The Bertz CT molecular complexity index is 559. The van der Waals surface area contributed by atoms with Crippen LogP contribution in [0.5, 0.6) is 0 Å². The molecule has 1 aromatic carbocycles. The summed E-state index contributed by atoms with van der Waals surface area (Å²) in [5.41, 5.74) is 9.15. The normalized spacial score (nSPS) is 18.7. The molecule has 2 N–H and O–H groups in total. The molecule has 3 rings (SSSR count). The molecule has 0 bridgehead atoms. The first-order valence-electron chi connectivity index (χ1n) is 6.52. The van der Waals surface area contributed by atoms with Crippen molar-refractivity contribution in [3.05, 3.63) is 41.3 Å². The molecule has 3 heteroatoms. The first kappa shape index (κ1) is 11.5. The quantitative estimate of drug-likeness (QED) is 0.881. The Balaban J connectivity index is 1.94. The van der Waals surface area contributed by atoms with Crippen molar-refractivity contribution in [1.29, 1.82) is 0 Å². The van der Waals surface area contributed by atoms with Crippen LogP contribution in [0, 0.1) is 12.8 Å². The Hall–Kier alpha value is -1.61. The van der Waals surface area contributed by atoms with E-state index in [0.29, 0.717) is 5.92 Å². The van der Waals surface area contributed by atoms with Gasteiger partial charge in [-0.05, 0) is 44.4 Å². The molecule has 0 saturated heterocycles. The summed E-state index contributed by atoms with van der Waals surface area (Å²) < 4.78 is 5.91. The molecular formula is C15H18N2O. The van der Waals surface area contributed by atoms with E-state index in [1.54, 1.807) is 0 Å². The molecule has 18 heavy (non-hydrogen) atoms. The van der Waals surface area contributed by atoms with Crippen LogP contribution in [0.3, 0.4) is 0 Å². The lowest BCUT2D eigenvalue weighted by atomic mass is 9.91. The maximum Gasteiger partial charge on any atom is 0.226 e. The van der Waals surface area contributed by atoms with Gasteiger partial charge in [-0.3, -0.25) is 0 Å². The van der Waals surface area contributed by atoms with E-state index in [1.807, 2.05) is 12.1 Å². The molecule has 0 fully saturated rings. The molecular weight excluding hydrogens is 224 g/mol. The third-order valence-corrected chi connectivity index (χ3v) is 3.64. The highest BCUT2D eigenvalue weighted by Crippen LogP contribution is 2.29. The van der Waals surface area contributed by atoms with Crippen molar-refractivity contribution in [2.45, 2.75) is 26.2 Å². The zero-order chi connectivity index (χ0) is 12.5. The van der Waals surface area contributed by atoms with Gasteiger partial charge in [0.05, 0.1) is 5.69 Å².